The third kappa shape index (κ3) is 24.6. The largest absolute Gasteiger partial charge is 0.460 e. The van der Waals surface area contributed by atoms with Gasteiger partial charge in [-0.2, -0.15) is 0 Å². The summed E-state index contributed by atoms with van der Waals surface area (Å²) in [7, 11) is 1.45. The summed E-state index contributed by atoms with van der Waals surface area (Å²) in [6.07, 6.45) is 15.6. The molecule has 21 nitrogen and oxygen atoms in total. The van der Waals surface area contributed by atoms with Gasteiger partial charge >= 0.3 is 24.0 Å². The van der Waals surface area contributed by atoms with Crippen molar-refractivity contribution in [1.29, 1.82) is 0 Å². The van der Waals surface area contributed by atoms with E-state index in [1.54, 1.807) is 32.9 Å². The number of primary amides is 2. The number of esters is 2. The van der Waals surface area contributed by atoms with Crippen LogP contribution in [0.5, 0.6) is 0 Å². The lowest BCUT2D eigenvalue weighted by Gasteiger charge is -2.34. The molecular weight excluding hydrogens is 871 g/mol. The second kappa shape index (κ2) is 31.4. The Balaban J connectivity index is 3.66. The predicted octanol–water partition coefficient (Wildman–Crippen LogP) is 1.69. The van der Waals surface area contributed by atoms with Crippen LogP contribution in [-0.4, -0.2) is 117 Å². The molecule has 0 aliphatic carbocycles. The third-order valence-electron chi connectivity index (χ3n) is 10.1. The van der Waals surface area contributed by atoms with Crippen LogP contribution >= 0.6 is 0 Å². The molecule has 11 N–H and O–H groups in total. The number of ether oxygens (including phenoxy) is 3. The monoisotopic (exact) mass is 944 g/mol. The van der Waals surface area contributed by atoms with Crippen LogP contribution in [-0.2, 0) is 47.8 Å². The number of hydrogen-bond acceptors (Lipinski definition) is 12. The fourth-order valence-electron chi connectivity index (χ4n) is 6.04. The summed E-state index contributed by atoms with van der Waals surface area (Å²) >= 11 is 0. The Morgan fingerprint density at radius 1 is 0.896 bits per heavy atom. The van der Waals surface area contributed by atoms with Crippen LogP contribution in [0.3, 0.4) is 0 Å². The zero-order valence-electron chi connectivity index (χ0n) is 40.1. The predicted molar refractivity (Wildman–Crippen MR) is 250 cm³/mol. The van der Waals surface area contributed by atoms with Crippen molar-refractivity contribution in [3.05, 3.63) is 60.4 Å². The van der Waals surface area contributed by atoms with Crippen molar-refractivity contribution in [2.45, 2.75) is 124 Å². The fourth-order valence-corrected chi connectivity index (χ4v) is 6.04. The minimum atomic E-state index is -1.56. The quantitative estimate of drug-likeness (QED) is 0.0312. The number of nitrogens with one attached hydrogen (secondary N) is 7. The Kier molecular flexibility index (Phi) is 27.4. The van der Waals surface area contributed by atoms with E-state index in [1.165, 1.54) is 33.1 Å². The number of methoxy groups -OCH3 is 1. The van der Waals surface area contributed by atoms with E-state index < -0.39 is 109 Å². The normalized spacial score (nSPS) is 22.6. The first-order chi connectivity index (χ1) is 31.6. The maximum atomic E-state index is 14.1. The first kappa shape index (κ1) is 58.5. The van der Waals surface area contributed by atoms with Crippen LogP contribution in [0.25, 0.3) is 0 Å². The molecule has 0 aromatic heterocycles. The minimum absolute atomic E-state index is 0.0332. The molecule has 374 valence electrons. The lowest BCUT2D eigenvalue weighted by molar-refractivity contribution is -0.175. The van der Waals surface area contributed by atoms with Crippen molar-refractivity contribution in [3.63, 3.8) is 0 Å². The topological polar surface area (TPSA) is 318 Å². The van der Waals surface area contributed by atoms with Crippen molar-refractivity contribution in [2.75, 3.05) is 33.3 Å². The Bertz CT molecular complexity index is 1840. The number of carbonyl (C=O) groups excluding carboxylic acids is 9. The second-order valence-electron chi connectivity index (χ2n) is 16.9. The molecule has 5 atom stereocenters. The molecule has 67 heavy (non-hydrogen) atoms. The number of urea groups is 2. The Labute approximate surface area is 393 Å². The molecule has 9 amide bonds. The zero-order chi connectivity index (χ0) is 50.5. The Morgan fingerprint density at radius 3 is 2.19 bits per heavy atom. The SMILES string of the molecule is CC/C=C1/NC(=O)/C=C/[C@H](C(C)C)OC(=O)C(C)(C)[C@H](C[C@H](/C=C/C=C/C/C=C\CCC(C)C)OC)OC(=O)CNC(=O)[C@H](CNC(N)=O)NC(=O)CNC(=O)[C@@H](CCCNC(N)=O)NC1=O. The van der Waals surface area contributed by atoms with Crippen LogP contribution in [0.15, 0.2) is 60.4 Å². The summed E-state index contributed by atoms with van der Waals surface area (Å²) < 4.78 is 17.5. The van der Waals surface area contributed by atoms with Gasteiger partial charge in [-0.15, -0.1) is 0 Å². The van der Waals surface area contributed by atoms with E-state index in [9.17, 15) is 43.2 Å². The molecule has 0 spiro atoms. The van der Waals surface area contributed by atoms with Gasteiger partial charge in [0.15, 0.2) is 0 Å². The second-order valence-corrected chi connectivity index (χ2v) is 16.9. The molecule has 0 saturated heterocycles. The minimum Gasteiger partial charge on any atom is -0.460 e. The highest BCUT2D eigenvalue weighted by molar-refractivity contribution is 6.02. The van der Waals surface area contributed by atoms with Gasteiger partial charge in [-0.1, -0.05) is 77.2 Å². The van der Waals surface area contributed by atoms with Gasteiger partial charge in [-0.25, -0.2) is 9.59 Å². The molecular formula is C46H73N9O12. The number of cyclic esters (lactones) is 2. The highest BCUT2D eigenvalue weighted by Crippen LogP contribution is 2.31. The van der Waals surface area contributed by atoms with Gasteiger partial charge in [-0.3, -0.25) is 33.6 Å². The summed E-state index contributed by atoms with van der Waals surface area (Å²) in [5, 5.41) is 16.7. The van der Waals surface area contributed by atoms with E-state index in [4.69, 9.17) is 25.7 Å². The van der Waals surface area contributed by atoms with E-state index in [0.717, 1.165) is 18.9 Å². The number of carbonyl (C=O) groups is 9. The van der Waals surface area contributed by atoms with E-state index in [-0.39, 0.29) is 43.8 Å². The summed E-state index contributed by atoms with van der Waals surface area (Å²) in [6, 6.07) is -4.68. The van der Waals surface area contributed by atoms with Gasteiger partial charge in [0.2, 0.25) is 23.6 Å². The van der Waals surface area contributed by atoms with Gasteiger partial charge in [0.05, 0.1) is 18.1 Å². The van der Waals surface area contributed by atoms with Crippen molar-refractivity contribution in [3.8, 4) is 0 Å². The fraction of sp³-hybridized carbons (Fsp3) is 0.587. The van der Waals surface area contributed by atoms with E-state index in [2.05, 4.69) is 63.2 Å². The summed E-state index contributed by atoms with van der Waals surface area (Å²) in [5.41, 5.74) is 8.57. The van der Waals surface area contributed by atoms with Crippen LogP contribution in [0.1, 0.15) is 93.4 Å². The highest BCUT2D eigenvalue weighted by Gasteiger charge is 2.43. The van der Waals surface area contributed by atoms with Crippen molar-refractivity contribution in [2.24, 2.45) is 28.7 Å². The molecule has 1 rings (SSSR count). The summed E-state index contributed by atoms with van der Waals surface area (Å²) in [4.78, 5) is 117. The molecule has 0 bridgehead atoms. The lowest BCUT2D eigenvalue weighted by Crippen LogP contribution is -2.56. The molecule has 0 unspecified atom stereocenters. The number of rotatable bonds is 18. The number of allylic oxidation sites excluding steroid dienone is 6. The molecule has 0 aromatic rings. The van der Waals surface area contributed by atoms with Crippen LogP contribution in [0.2, 0.25) is 0 Å². The molecule has 0 radical (unpaired) electrons. The van der Waals surface area contributed by atoms with Crippen molar-refractivity contribution < 1.29 is 57.4 Å². The lowest BCUT2D eigenvalue weighted by atomic mass is 9.83. The van der Waals surface area contributed by atoms with Crippen LogP contribution in [0, 0.1) is 17.3 Å². The van der Waals surface area contributed by atoms with Crippen LogP contribution < -0.4 is 48.7 Å². The Morgan fingerprint density at radius 2 is 1.57 bits per heavy atom. The van der Waals surface area contributed by atoms with Crippen molar-refractivity contribution in [1.82, 2.24) is 37.2 Å². The smallest absolute Gasteiger partial charge is 0.325 e. The molecule has 1 aliphatic rings. The van der Waals surface area contributed by atoms with Gasteiger partial charge in [0, 0.05) is 32.7 Å². The molecule has 0 saturated carbocycles. The zero-order valence-corrected chi connectivity index (χ0v) is 40.1. The molecule has 0 aromatic carbocycles. The summed E-state index contributed by atoms with van der Waals surface area (Å²) in [6.45, 7) is 10.6. The van der Waals surface area contributed by atoms with Gasteiger partial charge in [0.25, 0.3) is 5.91 Å². The number of amides is 9. The van der Waals surface area contributed by atoms with Gasteiger partial charge in [-0.05, 0) is 70.3 Å². The van der Waals surface area contributed by atoms with Crippen LogP contribution in [0.4, 0.5) is 9.59 Å². The van der Waals surface area contributed by atoms with E-state index in [1.807, 2.05) is 12.2 Å². The molecule has 21 heteroatoms. The molecule has 1 heterocycles. The maximum Gasteiger partial charge on any atom is 0.325 e. The first-order valence-electron chi connectivity index (χ1n) is 22.4. The van der Waals surface area contributed by atoms with E-state index >= 15 is 0 Å². The summed E-state index contributed by atoms with van der Waals surface area (Å²) in [5.74, 6) is -5.90. The third-order valence-corrected chi connectivity index (χ3v) is 10.1. The maximum absolute atomic E-state index is 14.1. The van der Waals surface area contributed by atoms with E-state index in [0.29, 0.717) is 12.3 Å². The number of hydrogen-bond donors (Lipinski definition) is 9. The Hall–Kier alpha value is -6.51. The number of nitrogens with two attached hydrogens (primary N) is 2. The standard InChI is InChI=1S/C46H73N9O12/c1-9-18-32-42(61)55-33(21-17-24-49-44(47)63)40(59)50-27-38(57)54-34(26-52-45(48)64)41(60)51-28-39(58)67-36(25-31(65-8)20-16-14-12-10-11-13-15-19-29(2)3)46(6,7)43(62)66-35(30(4)5)22-23-37(56)53-32/h11-14,16,18,20,22-23,29-31,33-36H,9-10,15,17,19,21,24-28H2,1-8H3,(H,50,59)(H,51,60)(H,53,56)(H,54,57)(H,55,61)(H3,47,49,63)(H3,48,52,64)/b13-11-,14-12+,20-16+,23-22+,32-18+/t31-,33+,34-,35+,36-/m0/s1. The van der Waals surface area contributed by atoms with Gasteiger partial charge in [0.1, 0.15) is 36.5 Å². The first-order valence-corrected chi connectivity index (χ1v) is 22.4. The van der Waals surface area contributed by atoms with Crippen molar-refractivity contribution >= 4 is 53.5 Å². The highest BCUT2D eigenvalue weighted by atomic mass is 16.6. The van der Waals surface area contributed by atoms with Gasteiger partial charge < -0.3 is 62.9 Å². The molecule has 1 aliphatic heterocycles. The average molecular weight is 944 g/mol. The average Bonchev–Trinajstić information content (AvgIpc) is 3.25. The molecule has 0 fully saturated rings.